The molecule has 4 saturated carbocycles. The van der Waals surface area contributed by atoms with Crippen molar-refractivity contribution in [3.63, 3.8) is 0 Å². The van der Waals surface area contributed by atoms with Gasteiger partial charge in [-0.2, -0.15) is 8.42 Å². The molecule has 0 radical (unpaired) electrons. The van der Waals surface area contributed by atoms with Crippen LogP contribution in [0.3, 0.4) is 0 Å². The van der Waals surface area contributed by atoms with E-state index in [9.17, 15) is 28.0 Å². The van der Waals surface area contributed by atoms with Crippen molar-refractivity contribution in [3.05, 3.63) is 35.9 Å². The van der Waals surface area contributed by atoms with Gasteiger partial charge in [0.25, 0.3) is 10.1 Å². The Kier molecular flexibility index (Phi) is 8.98. The molecule has 230 valence electrons. The fourth-order valence-electron chi connectivity index (χ4n) is 10.2. The van der Waals surface area contributed by atoms with Gasteiger partial charge in [0, 0.05) is 19.5 Å². The molecule has 41 heavy (non-hydrogen) atoms. The summed E-state index contributed by atoms with van der Waals surface area (Å²) in [6.45, 7) is 7.46. The highest BCUT2D eigenvalue weighted by Crippen LogP contribution is 2.68. The molecule has 0 bridgehead atoms. The van der Waals surface area contributed by atoms with E-state index < -0.39 is 15.9 Å². The lowest BCUT2D eigenvalue weighted by Gasteiger charge is -2.62. The summed E-state index contributed by atoms with van der Waals surface area (Å²) in [4.78, 5) is 14.9. The van der Waals surface area contributed by atoms with E-state index in [4.69, 9.17) is 0 Å². The molecule has 0 aromatic heterocycles. The van der Waals surface area contributed by atoms with Crippen LogP contribution in [0.15, 0.2) is 30.3 Å². The van der Waals surface area contributed by atoms with Crippen LogP contribution in [-0.4, -0.2) is 58.5 Å². The maximum atomic E-state index is 13.4. The number of benzene rings is 1. The molecule has 4 aliphatic rings. The van der Waals surface area contributed by atoms with Crippen molar-refractivity contribution < 1.29 is 28.0 Å². The minimum atomic E-state index is -4.17. The van der Waals surface area contributed by atoms with Gasteiger partial charge in [0.2, 0.25) is 5.91 Å². The van der Waals surface area contributed by atoms with Crippen LogP contribution in [0, 0.1) is 46.3 Å². The van der Waals surface area contributed by atoms with Crippen molar-refractivity contribution in [2.24, 2.45) is 46.3 Å². The standard InChI is InChI=1S/C33H51NO6S/c1-22(9-12-30(37)34(17-18-41(38,39)40)21-23-7-5-4-6-8-23)26-10-11-27-31-28(14-16-33(26,27)3)32(2)15-13-25(35)19-24(32)20-29(31)36/h4-8,22,24-29,31,35-36H,9-21H2,1-3H3,(H,38,39,40)/t22-,24+,25-,26-,27+,28+,29+,31+,32+,33-/m1/s1. The third-order valence-corrected chi connectivity index (χ3v) is 13.1. The van der Waals surface area contributed by atoms with Gasteiger partial charge in [-0.1, -0.05) is 51.1 Å². The Labute approximate surface area is 246 Å². The zero-order valence-corrected chi connectivity index (χ0v) is 25.9. The van der Waals surface area contributed by atoms with Gasteiger partial charge in [0.05, 0.1) is 18.0 Å². The monoisotopic (exact) mass is 589 g/mol. The molecule has 1 amide bonds. The fraction of sp³-hybridized carbons (Fsp3) is 0.788. The molecular weight excluding hydrogens is 538 g/mol. The Morgan fingerprint density at radius 2 is 1.68 bits per heavy atom. The molecule has 10 atom stereocenters. The number of hydrogen-bond acceptors (Lipinski definition) is 5. The zero-order chi connectivity index (χ0) is 29.6. The van der Waals surface area contributed by atoms with Crippen molar-refractivity contribution in [2.45, 2.75) is 104 Å². The number of carbonyl (C=O) groups excluding carboxylic acids is 1. The van der Waals surface area contributed by atoms with Crippen LogP contribution in [0.4, 0.5) is 0 Å². The van der Waals surface area contributed by atoms with Gasteiger partial charge in [0.1, 0.15) is 0 Å². The topological polar surface area (TPSA) is 115 Å². The van der Waals surface area contributed by atoms with Crippen molar-refractivity contribution in [3.8, 4) is 0 Å². The summed E-state index contributed by atoms with van der Waals surface area (Å²) < 4.78 is 32.2. The number of amides is 1. The fourth-order valence-corrected chi connectivity index (χ4v) is 10.7. The Morgan fingerprint density at radius 3 is 2.39 bits per heavy atom. The highest BCUT2D eigenvalue weighted by Gasteiger charge is 2.62. The first kappa shape index (κ1) is 31.0. The van der Waals surface area contributed by atoms with Crippen LogP contribution in [0.25, 0.3) is 0 Å². The van der Waals surface area contributed by atoms with Gasteiger partial charge in [-0.25, -0.2) is 0 Å². The number of nitrogens with zero attached hydrogens (tertiary/aromatic N) is 1. The van der Waals surface area contributed by atoms with E-state index in [1.165, 1.54) is 0 Å². The molecule has 1 aromatic rings. The summed E-state index contributed by atoms with van der Waals surface area (Å²) in [5.74, 6) is 2.05. The number of fused-ring (bicyclic) bond motifs is 5. The summed E-state index contributed by atoms with van der Waals surface area (Å²) >= 11 is 0. The summed E-state index contributed by atoms with van der Waals surface area (Å²) in [6.07, 6.45) is 8.74. The average Bonchev–Trinajstić information content (AvgIpc) is 3.27. The maximum absolute atomic E-state index is 13.4. The SMILES string of the molecule is C[C@H](CCC(=O)N(CCS(=O)(=O)O)Cc1ccccc1)[C@H]1CC[C@H]2[C@@H]3[C@@H](O)C[C@@H]4C[C@H](O)CC[C@]4(C)[C@H]3CC[C@]12C. The van der Waals surface area contributed by atoms with Crippen LogP contribution >= 0.6 is 0 Å². The third kappa shape index (κ3) is 6.27. The Hall–Kier alpha value is -1.48. The van der Waals surface area contributed by atoms with E-state index in [-0.39, 0.29) is 35.5 Å². The van der Waals surface area contributed by atoms with Crippen LogP contribution in [-0.2, 0) is 21.5 Å². The molecule has 0 saturated heterocycles. The van der Waals surface area contributed by atoms with E-state index in [0.29, 0.717) is 48.5 Å². The molecule has 0 heterocycles. The van der Waals surface area contributed by atoms with E-state index in [1.807, 2.05) is 30.3 Å². The predicted molar refractivity (Wildman–Crippen MR) is 159 cm³/mol. The molecule has 0 unspecified atom stereocenters. The van der Waals surface area contributed by atoms with E-state index in [1.54, 1.807) is 4.90 Å². The third-order valence-electron chi connectivity index (χ3n) is 12.4. The predicted octanol–water partition coefficient (Wildman–Crippen LogP) is 5.31. The first-order valence-electron chi connectivity index (χ1n) is 15.9. The molecule has 8 heteroatoms. The molecule has 3 N–H and O–H groups in total. The molecular formula is C33H51NO6S. The molecule has 4 aliphatic carbocycles. The van der Waals surface area contributed by atoms with E-state index in [0.717, 1.165) is 63.4 Å². The van der Waals surface area contributed by atoms with Gasteiger partial charge in [0.15, 0.2) is 0 Å². The quantitative estimate of drug-likeness (QED) is 0.336. The maximum Gasteiger partial charge on any atom is 0.266 e. The lowest BCUT2D eigenvalue weighted by atomic mass is 9.43. The van der Waals surface area contributed by atoms with Crippen molar-refractivity contribution in [2.75, 3.05) is 12.3 Å². The van der Waals surface area contributed by atoms with Gasteiger partial charge in [-0.05, 0) is 110 Å². The number of aliphatic hydroxyl groups excluding tert-OH is 2. The molecule has 0 spiro atoms. The summed E-state index contributed by atoms with van der Waals surface area (Å²) in [5.41, 5.74) is 1.29. The highest BCUT2D eigenvalue weighted by atomic mass is 32.2. The van der Waals surface area contributed by atoms with Crippen LogP contribution in [0.5, 0.6) is 0 Å². The number of aliphatic hydroxyl groups is 2. The van der Waals surface area contributed by atoms with E-state index >= 15 is 0 Å². The Balaban J connectivity index is 1.24. The minimum Gasteiger partial charge on any atom is -0.393 e. The summed E-state index contributed by atoms with van der Waals surface area (Å²) in [6, 6.07) is 9.54. The second-order valence-corrected chi connectivity index (χ2v) is 16.1. The summed E-state index contributed by atoms with van der Waals surface area (Å²) in [5, 5.41) is 21.9. The lowest BCUT2D eigenvalue weighted by Crippen LogP contribution is -2.58. The lowest BCUT2D eigenvalue weighted by molar-refractivity contribution is -0.174. The van der Waals surface area contributed by atoms with Gasteiger partial charge >= 0.3 is 0 Å². The van der Waals surface area contributed by atoms with Crippen LogP contribution < -0.4 is 0 Å². The molecule has 5 rings (SSSR count). The molecule has 0 aliphatic heterocycles. The average molecular weight is 590 g/mol. The first-order chi connectivity index (χ1) is 19.3. The Morgan fingerprint density at radius 1 is 1.00 bits per heavy atom. The number of rotatable bonds is 9. The van der Waals surface area contributed by atoms with Crippen molar-refractivity contribution in [1.29, 1.82) is 0 Å². The van der Waals surface area contributed by atoms with Crippen molar-refractivity contribution in [1.82, 2.24) is 4.90 Å². The van der Waals surface area contributed by atoms with Crippen LogP contribution in [0.1, 0.15) is 90.5 Å². The molecule has 4 fully saturated rings. The smallest absolute Gasteiger partial charge is 0.266 e. The second-order valence-electron chi connectivity index (χ2n) is 14.6. The van der Waals surface area contributed by atoms with Crippen LogP contribution in [0.2, 0.25) is 0 Å². The highest BCUT2D eigenvalue weighted by molar-refractivity contribution is 7.85. The largest absolute Gasteiger partial charge is 0.393 e. The minimum absolute atomic E-state index is 0.0259. The van der Waals surface area contributed by atoms with Gasteiger partial charge in [-0.3, -0.25) is 9.35 Å². The zero-order valence-electron chi connectivity index (χ0n) is 25.1. The van der Waals surface area contributed by atoms with Gasteiger partial charge in [-0.15, -0.1) is 0 Å². The molecule has 7 nitrogen and oxygen atoms in total. The Bertz CT molecular complexity index is 1180. The number of carbonyl (C=O) groups is 1. The normalized spacial score (nSPS) is 39.3. The van der Waals surface area contributed by atoms with Gasteiger partial charge < -0.3 is 15.1 Å². The molecule has 1 aromatic carbocycles. The van der Waals surface area contributed by atoms with E-state index in [2.05, 4.69) is 20.8 Å². The van der Waals surface area contributed by atoms with Crippen molar-refractivity contribution >= 4 is 16.0 Å². The number of hydrogen-bond donors (Lipinski definition) is 3. The second kappa shape index (κ2) is 11.9. The summed E-state index contributed by atoms with van der Waals surface area (Å²) in [7, 11) is -4.17. The first-order valence-corrected chi connectivity index (χ1v) is 17.6.